The Hall–Kier alpha value is -0.750. The first-order chi connectivity index (χ1) is 7.00. The number of phenols is 1. The molecule has 0 atom stereocenters. The minimum absolute atomic E-state index is 0.0102. The van der Waals surface area contributed by atoms with E-state index < -0.39 is 6.16 Å². The van der Waals surface area contributed by atoms with Gasteiger partial charge in [-0.3, -0.25) is 0 Å². The summed E-state index contributed by atoms with van der Waals surface area (Å²) in [5.41, 5.74) is 0.604. The molecule has 1 rings (SSSR count). The fourth-order valence-corrected chi connectivity index (χ4v) is 1.77. The van der Waals surface area contributed by atoms with Gasteiger partial charge in [0.25, 0.3) is 0 Å². The Kier molecular flexibility index (Phi) is 4.41. The molecule has 15 heavy (non-hydrogen) atoms. The molecule has 0 aliphatic heterocycles. The lowest BCUT2D eigenvalue weighted by Crippen LogP contribution is -2.04. The molecular formula is C9H8Br2O4. The van der Waals surface area contributed by atoms with Gasteiger partial charge in [-0.05, 0) is 18.1 Å². The van der Waals surface area contributed by atoms with Crippen LogP contribution in [0.15, 0.2) is 18.2 Å². The molecule has 0 aliphatic carbocycles. The fraction of sp³-hybridized carbons (Fsp3) is 0.222. The number of ether oxygens (including phenoxy) is 1. The van der Waals surface area contributed by atoms with Crippen LogP contribution in [0.5, 0.6) is 11.5 Å². The van der Waals surface area contributed by atoms with E-state index in [0.29, 0.717) is 12.0 Å². The van der Waals surface area contributed by atoms with E-state index in [0.717, 1.165) is 0 Å². The Balaban J connectivity index is 2.95. The van der Waals surface area contributed by atoms with Gasteiger partial charge in [0, 0.05) is 0 Å². The molecule has 0 amide bonds. The Morgan fingerprint density at radius 2 is 2.13 bits per heavy atom. The number of alkyl halides is 2. The number of phenolic OH excluding ortho intramolecular Hbond substituents is 1. The van der Waals surface area contributed by atoms with Crippen molar-refractivity contribution in [2.24, 2.45) is 0 Å². The first-order valence-electron chi connectivity index (χ1n) is 4.00. The highest BCUT2D eigenvalue weighted by Crippen LogP contribution is 2.32. The van der Waals surface area contributed by atoms with Crippen molar-refractivity contribution in [1.29, 1.82) is 0 Å². The monoisotopic (exact) mass is 338 g/mol. The lowest BCUT2D eigenvalue weighted by atomic mass is 10.1. The SMILES string of the molecule is O=C(O)Oc1cccc(CC(Br)Br)c1O. The number of aromatic hydroxyl groups is 1. The number of hydrogen-bond acceptors (Lipinski definition) is 3. The van der Waals surface area contributed by atoms with Crippen molar-refractivity contribution in [3.05, 3.63) is 23.8 Å². The molecule has 2 N–H and O–H groups in total. The molecule has 4 nitrogen and oxygen atoms in total. The van der Waals surface area contributed by atoms with Crippen LogP contribution in [-0.2, 0) is 6.42 Å². The van der Waals surface area contributed by atoms with Gasteiger partial charge in [0.15, 0.2) is 11.5 Å². The molecule has 0 aliphatic rings. The molecule has 0 saturated heterocycles. The molecule has 0 aromatic heterocycles. The molecule has 1 aromatic rings. The predicted molar refractivity (Wildman–Crippen MR) is 62.1 cm³/mol. The summed E-state index contributed by atoms with van der Waals surface area (Å²) < 4.78 is 4.41. The van der Waals surface area contributed by atoms with Gasteiger partial charge in [-0.25, -0.2) is 4.79 Å². The average Bonchev–Trinajstić information content (AvgIpc) is 2.10. The number of carboxylic acid groups (broad SMARTS) is 1. The van der Waals surface area contributed by atoms with E-state index >= 15 is 0 Å². The highest BCUT2D eigenvalue weighted by molar-refractivity contribution is 9.24. The quantitative estimate of drug-likeness (QED) is 0.504. The lowest BCUT2D eigenvalue weighted by molar-refractivity contribution is 0.143. The first-order valence-corrected chi connectivity index (χ1v) is 5.83. The van der Waals surface area contributed by atoms with Crippen molar-refractivity contribution in [2.75, 3.05) is 0 Å². The highest BCUT2D eigenvalue weighted by Gasteiger charge is 2.12. The van der Waals surface area contributed by atoms with E-state index in [1.54, 1.807) is 12.1 Å². The third kappa shape index (κ3) is 3.71. The van der Waals surface area contributed by atoms with Crippen LogP contribution in [0, 0.1) is 0 Å². The van der Waals surface area contributed by atoms with E-state index in [2.05, 4.69) is 36.6 Å². The van der Waals surface area contributed by atoms with Crippen molar-refractivity contribution >= 4 is 38.0 Å². The number of halogens is 2. The van der Waals surface area contributed by atoms with E-state index in [9.17, 15) is 9.90 Å². The zero-order valence-electron chi connectivity index (χ0n) is 7.48. The largest absolute Gasteiger partial charge is 0.511 e. The van der Waals surface area contributed by atoms with Gasteiger partial charge < -0.3 is 14.9 Å². The second-order valence-corrected chi connectivity index (χ2v) is 6.17. The number of benzene rings is 1. The van der Waals surface area contributed by atoms with Gasteiger partial charge in [0.2, 0.25) is 0 Å². The van der Waals surface area contributed by atoms with Crippen LogP contribution < -0.4 is 4.74 Å². The van der Waals surface area contributed by atoms with Gasteiger partial charge in [0.05, 0.1) is 3.74 Å². The summed E-state index contributed by atoms with van der Waals surface area (Å²) in [5.74, 6) is -0.204. The van der Waals surface area contributed by atoms with E-state index in [1.807, 2.05) is 0 Å². The third-order valence-corrected chi connectivity index (χ3v) is 2.30. The molecule has 0 spiro atoms. The molecule has 0 radical (unpaired) electrons. The van der Waals surface area contributed by atoms with Crippen LogP contribution in [0.3, 0.4) is 0 Å². The Morgan fingerprint density at radius 3 is 2.67 bits per heavy atom. The van der Waals surface area contributed by atoms with E-state index in [1.165, 1.54) is 6.07 Å². The maximum atomic E-state index is 10.3. The summed E-state index contributed by atoms with van der Waals surface area (Å²) in [5, 5.41) is 18.1. The molecular weight excluding hydrogens is 332 g/mol. The highest BCUT2D eigenvalue weighted by atomic mass is 79.9. The zero-order chi connectivity index (χ0) is 11.4. The van der Waals surface area contributed by atoms with Crippen molar-refractivity contribution in [1.82, 2.24) is 0 Å². The molecule has 0 unspecified atom stereocenters. The summed E-state index contributed by atoms with van der Waals surface area (Å²) in [6.07, 6.45) is -0.931. The molecule has 0 heterocycles. The number of para-hydroxylation sites is 1. The number of hydrogen-bond donors (Lipinski definition) is 2. The summed E-state index contributed by atoms with van der Waals surface area (Å²) in [6.45, 7) is 0. The maximum absolute atomic E-state index is 10.3. The second kappa shape index (κ2) is 5.37. The van der Waals surface area contributed by atoms with Crippen LogP contribution in [0.2, 0.25) is 0 Å². The van der Waals surface area contributed by atoms with Crippen molar-refractivity contribution < 1.29 is 19.7 Å². The minimum Gasteiger partial charge on any atom is -0.504 e. The van der Waals surface area contributed by atoms with Crippen LogP contribution in [0.4, 0.5) is 4.79 Å². The average molecular weight is 340 g/mol. The molecule has 1 aromatic carbocycles. The normalized spacial score (nSPS) is 10.3. The predicted octanol–water partition coefficient (Wildman–Crippen LogP) is 3.11. The molecule has 0 fully saturated rings. The summed E-state index contributed by atoms with van der Waals surface area (Å²) in [7, 11) is 0. The van der Waals surface area contributed by atoms with Gasteiger partial charge in [-0.2, -0.15) is 0 Å². The van der Waals surface area contributed by atoms with Crippen LogP contribution in [-0.4, -0.2) is 20.1 Å². The van der Waals surface area contributed by atoms with E-state index in [4.69, 9.17) is 5.11 Å². The topological polar surface area (TPSA) is 66.8 Å². The first kappa shape index (κ1) is 12.3. The van der Waals surface area contributed by atoms with Crippen molar-refractivity contribution in [3.63, 3.8) is 0 Å². The maximum Gasteiger partial charge on any atom is 0.511 e. The van der Waals surface area contributed by atoms with Crippen LogP contribution >= 0.6 is 31.9 Å². The summed E-state index contributed by atoms with van der Waals surface area (Å²) in [6, 6.07) is 4.71. The molecule has 82 valence electrons. The third-order valence-electron chi connectivity index (χ3n) is 1.65. The second-order valence-electron chi connectivity index (χ2n) is 2.73. The minimum atomic E-state index is -1.45. The Morgan fingerprint density at radius 1 is 1.47 bits per heavy atom. The van der Waals surface area contributed by atoms with Gasteiger partial charge in [-0.1, -0.05) is 44.0 Å². The van der Waals surface area contributed by atoms with Crippen molar-refractivity contribution in [3.8, 4) is 11.5 Å². The van der Waals surface area contributed by atoms with Crippen molar-refractivity contribution in [2.45, 2.75) is 10.2 Å². The smallest absolute Gasteiger partial charge is 0.504 e. The fourth-order valence-electron chi connectivity index (χ4n) is 1.08. The van der Waals surface area contributed by atoms with Gasteiger partial charge >= 0.3 is 6.16 Å². The lowest BCUT2D eigenvalue weighted by Gasteiger charge is -2.08. The number of carbonyl (C=O) groups is 1. The number of rotatable bonds is 3. The Labute approximate surface area is 103 Å². The summed E-state index contributed by atoms with van der Waals surface area (Å²) >= 11 is 6.54. The molecule has 0 saturated carbocycles. The van der Waals surface area contributed by atoms with E-state index in [-0.39, 0.29) is 15.2 Å². The molecule has 6 heteroatoms. The molecule has 0 bridgehead atoms. The Bertz CT molecular complexity index is 365. The standard InChI is InChI=1S/C9H8Br2O4/c10-7(11)4-5-2-1-3-6(8(5)12)15-9(13)14/h1-3,7,12H,4H2,(H,13,14). The van der Waals surface area contributed by atoms with Crippen LogP contribution in [0.1, 0.15) is 5.56 Å². The zero-order valence-corrected chi connectivity index (χ0v) is 10.7. The van der Waals surface area contributed by atoms with Crippen LogP contribution in [0.25, 0.3) is 0 Å². The van der Waals surface area contributed by atoms with Gasteiger partial charge in [-0.15, -0.1) is 0 Å². The summed E-state index contributed by atoms with van der Waals surface area (Å²) in [4.78, 5) is 10.3. The van der Waals surface area contributed by atoms with Gasteiger partial charge in [0.1, 0.15) is 0 Å².